The van der Waals surface area contributed by atoms with Crippen LogP contribution in [0.15, 0.2) is 30.6 Å². The number of aromatic nitrogens is 2. The fraction of sp³-hybridized carbons (Fsp3) is 0.421. The molecule has 132 valence electrons. The first-order valence-electron chi connectivity index (χ1n) is 8.48. The van der Waals surface area contributed by atoms with E-state index in [0.29, 0.717) is 12.0 Å². The van der Waals surface area contributed by atoms with Gasteiger partial charge in [-0.25, -0.2) is 4.39 Å². The lowest BCUT2D eigenvalue weighted by molar-refractivity contribution is -0.136. The van der Waals surface area contributed by atoms with Crippen LogP contribution in [0.1, 0.15) is 54.2 Å². The third-order valence-corrected chi connectivity index (χ3v) is 4.84. The molecule has 6 heteroatoms. The average Bonchev–Trinajstić information content (AvgIpc) is 2.98. The minimum atomic E-state index is -0.250. The Balaban J connectivity index is 1.69. The second-order valence-electron chi connectivity index (χ2n) is 6.70. The Kier molecular flexibility index (Phi) is 4.70. The molecule has 0 aliphatic carbocycles. The number of carbonyl (C=O) groups excluding carboxylic acids is 2. The van der Waals surface area contributed by atoms with Gasteiger partial charge in [0.15, 0.2) is 5.78 Å². The molecule has 0 spiro atoms. The predicted molar refractivity (Wildman–Crippen MR) is 91.6 cm³/mol. The van der Waals surface area contributed by atoms with Gasteiger partial charge in [0.2, 0.25) is 5.91 Å². The van der Waals surface area contributed by atoms with Crippen LogP contribution in [0.2, 0.25) is 0 Å². The molecule has 1 aromatic heterocycles. The Morgan fingerprint density at radius 2 is 2.04 bits per heavy atom. The average molecular weight is 343 g/mol. The molecular formula is C19H22FN3O2. The van der Waals surface area contributed by atoms with Crippen molar-refractivity contribution < 1.29 is 14.0 Å². The normalized spacial score (nSPS) is 19.6. The Labute approximate surface area is 146 Å². The molecular weight excluding hydrogens is 321 g/mol. The molecule has 0 saturated heterocycles. The molecule has 3 rings (SSSR count). The van der Waals surface area contributed by atoms with Crippen molar-refractivity contribution >= 4 is 11.7 Å². The van der Waals surface area contributed by atoms with E-state index in [4.69, 9.17) is 0 Å². The van der Waals surface area contributed by atoms with Gasteiger partial charge in [-0.05, 0) is 43.5 Å². The van der Waals surface area contributed by atoms with E-state index in [1.807, 2.05) is 18.7 Å². The number of aryl methyl sites for hydroxylation is 1. The quantitative estimate of drug-likeness (QED) is 0.802. The molecule has 1 aliphatic rings. The fourth-order valence-corrected chi connectivity index (χ4v) is 3.63. The highest BCUT2D eigenvalue weighted by molar-refractivity contribution is 5.97. The highest BCUT2D eigenvalue weighted by atomic mass is 19.1. The summed E-state index contributed by atoms with van der Waals surface area (Å²) in [5, 5.41) is 3.98. The van der Waals surface area contributed by atoms with Crippen molar-refractivity contribution in [3.63, 3.8) is 0 Å². The first-order valence-corrected chi connectivity index (χ1v) is 8.48. The third-order valence-electron chi connectivity index (χ3n) is 4.84. The molecule has 0 bridgehead atoms. The minimum absolute atomic E-state index is 0.0229. The van der Waals surface area contributed by atoms with Crippen molar-refractivity contribution in [3.8, 4) is 0 Å². The molecule has 25 heavy (non-hydrogen) atoms. The zero-order valence-electron chi connectivity index (χ0n) is 14.7. The smallest absolute Gasteiger partial charge is 0.223 e. The van der Waals surface area contributed by atoms with E-state index in [1.165, 1.54) is 12.3 Å². The number of amides is 1. The number of Topliss-reactive ketones (excluding diaryl/α,β-unsaturated/α-hetero) is 1. The van der Waals surface area contributed by atoms with E-state index in [9.17, 15) is 14.0 Å². The summed E-state index contributed by atoms with van der Waals surface area (Å²) in [7, 11) is 1.75. The van der Waals surface area contributed by atoms with Crippen LogP contribution in [0.25, 0.3) is 0 Å². The number of benzene rings is 1. The zero-order valence-corrected chi connectivity index (χ0v) is 14.7. The van der Waals surface area contributed by atoms with Gasteiger partial charge in [-0.15, -0.1) is 0 Å². The van der Waals surface area contributed by atoms with Gasteiger partial charge in [-0.1, -0.05) is 6.07 Å². The summed E-state index contributed by atoms with van der Waals surface area (Å²) in [4.78, 5) is 26.7. The minimum Gasteiger partial charge on any atom is -0.333 e. The molecule has 5 nitrogen and oxygen atoms in total. The van der Waals surface area contributed by atoms with Crippen molar-refractivity contribution in [1.29, 1.82) is 0 Å². The number of ketones is 1. The number of carbonyl (C=O) groups is 2. The predicted octanol–water partition coefficient (Wildman–Crippen LogP) is 3.06. The van der Waals surface area contributed by atoms with Crippen molar-refractivity contribution in [1.82, 2.24) is 14.7 Å². The first-order chi connectivity index (χ1) is 11.9. The summed E-state index contributed by atoms with van der Waals surface area (Å²) >= 11 is 0. The van der Waals surface area contributed by atoms with Gasteiger partial charge in [0, 0.05) is 32.1 Å². The van der Waals surface area contributed by atoms with Crippen molar-refractivity contribution in [2.45, 2.75) is 45.2 Å². The van der Waals surface area contributed by atoms with E-state index in [0.717, 1.165) is 11.1 Å². The van der Waals surface area contributed by atoms with Crippen molar-refractivity contribution in [2.75, 3.05) is 0 Å². The molecule has 1 aromatic carbocycles. The Morgan fingerprint density at radius 1 is 1.28 bits per heavy atom. The number of nitrogens with zero attached hydrogens (tertiary/aromatic N) is 3. The summed E-state index contributed by atoms with van der Waals surface area (Å²) in [5.41, 5.74) is 2.46. The molecule has 0 radical (unpaired) electrons. The Hall–Kier alpha value is -2.50. The molecule has 0 fully saturated rings. The molecule has 2 heterocycles. The molecule has 2 unspecified atom stereocenters. The van der Waals surface area contributed by atoms with E-state index in [2.05, 4.69) is 5.10 Å². The SMILES string of the molecule is CC1Cc2cc(F)ccc2C(C)N1C(=O)CCC(=O)c1cnn(C)c1. The third kappa shape index (κ3) is 3.48. The highest BCUT2D eigenvalue weighted by Crippen LogP contribution is 2.33. The molecule has 1 aliphatic heterocycles. The maximum Gasteiger partial charge on any atom is 0.223 e. The molecule has 0 N–H and O–H groups in total. The molecule has 2 atom stereocenters. The van der Waals surface area contributed by atoms with E-state index < -0.39 is 0 Å². The number of fused-ring (bicyclic) bond motifs is 1. The lowest BCUT2D eigenvalue weighted by Gasteiger charge is -2.40. The van der Waals surface area contributed by atoms with Gasteiger partial charge < -0.3 is 4.90 Å². The molecule has 1 amide bonds. The lowest BCUT2D eigenvalue weighted by atomic mass is 9.89. The highest BCUT2D eigenvalue weighted by Gasteiger charge is 2.32. The number of hydrogen-bond acceptors (Lipinski definition) is 3. The van der Waals surface area contributed by atoms with Crippen LogP contribution in [0, 0.1) is 5.82 Å². The molecule has 2 aromatic rings. The number of hydrogen-bond donors (Lipinski definition) is 0. The monoisotopic (exact) mass is 343 g/mol. The van der Waals surface area contributed by atoms with E-state index in [1.54, 1.807) is 30.1 Å². The van der Waals surface area contributed by atoms with Gasteiger partial charge in [0.25, 0.3) is 0 Å². The summed E-state index contributed by atoms with van der Waals surface area (Å²) in [6.45, 7) is 3.92. The second-order valence-corrected chi connectivity index (χ2v) is 6.70. The first kappa shape index (κ1) is 17.3. The lowest BCUT2D eigenvalue weighted by Crippen LogP contribution is -2.45. The van der Waals surface area contributed by atoms with Gasteiger partial charge in [-0.3, -0.25) is 14.3 Å². The molecule has 0 saturated carbocycles. The van der Waals surface area contributed by atoms with Crippen LogP contribution in [-0.4, -0.2) is 32.4 Å². The Bertz CT molecular complexity index is 815. The zero-order chi connectivity index (χ0) is 18.1. The van der Waals surface area contributed by atoms with Crippen LogP contribution in [-0.2, 0) is 18.3 Å². The second kappa shape index (κ2) is 6.78. The summed E-state index contributed by atoms with van der Waals surface area (Å²) in [6.07, 6.45) is 4.13. The number of rotatable bonds is 4. The van der Waals surface area contributed by atoms with Crippen LogP contribution >= 0.6 is 0 Å². The van der Waals surface area contributed by atoms with Crippen LogP contribution in [0.4, 0.5) is 4.39 Å². The van der Waals surface area contributed by atoms with Gasteiger partial charge in [0.05, 0.1) is 17.8 Å². The maximum absolute atomic E-state index is 13.5. The van der Waals surface area contributed by atoms with Crippen molar-refractivity contribution in [3.05, 3.63) is 53.1 Å². The van der Waals surface area contributed by atoms with E-state index >= 15 is 0 Å². The largest absolute Gasteiger partial charge is 0.333 e. The number of halogens is 1. The van der Waals surface area contributed by atoms with Crippen LogP contribution in [0.5, 0.6) is 0 Å². The standard InChI is InChI=1S/C19H22FN3O2/c1-12-8-14-9-16(20)4-5-17(14)13(2)23(12)19(25)7-6-18(24)15-10-21-22(3)11-15/h4-5,9-13H,6-8H2,1-3H3. The summed E-state index contributed by atoms with van der Waals surface area (Å²) in [5.74, 6) is -0.381. The van der Waals surface area contributed by atoms with E-state index in [-0.39, 0.29) is 42.4 Å². The summed E-state index contributed by atoms with van der Waals surface area (Å²) in [6, 6.07) is 4.59. The Morgan fingerprint density at radius 3 is 2.72 bits per heavy atom. The van der Waals surface area contributed by atoms with Gasteiger partial charge >= 0.3 is 0 Å². The maximum atomic E-state index is 13.5. The van der Waals surface area contributed by atoms with Crippen LogP contribution < -0.4 is 0 Å². The summed E-state index contributed by atoms with van der Waals surface area (Å²) < 4.78 is 15.0. The fourth-order valence-electron chi connectivity index (χ4n) is 3.63. The van der Waals surface area contributed by atoms with Crippen molar-refractivity contribution in [2.24, 2.45) is 7.05 Å². The van der Waals surface area contributed by atoms with Crippen LogP contribution in [0.3, 0.4) is 0 Å². The van der Waals surface area contributed by atoms with Gasteiger partial charge in [-0.2, -0.15) is 5.10 Å². The topological polar surface area (TPSA) is 55.2 Å². The van der Waals surface area contributed by atoms with Gasteiger partial charge in [0.1, 0.15) is 5.82 Å².